The molecule has 2 heterocycles. The van der Waals surface area contributed by atoms with Crippen LogP contribution in [0.1, 0.15) is 44.7 Å². The van der Waals surface area contributed by atoms with Crippen molar-refractivity contribution in [2.45, 2.75) is 51.4 Å². The van der Waals surface area contributed by atoms with Gasteiger partial charge in [0.25, 0.3) is 0 Å². The average molecular weight is 446 g/mol. The Kier molecular flexibility index (Phi) is 5.69. The van der Waals surface area contributed by atoms with Gasteiger partial charge in [0, 0.05) is 29.6 Å². The van der Waals surface area contributed by atoms with Crippen molar-refractivity contribution in [2.24, 2.45) is 0 Å². The largest absolute Gasteiger partial charge is 0.488 e. The molecule has 1 amide bonds. The van der Waals surface area contributed by atoms with E-state index in [9.17, 15) is 10.1 Å². The molecule has 1 unspecified atom stereocenters. The zero-order valence-electron chi connectivity index (χ0n) is 18.8. The number of fused-ring (bicyclic) bond motifs is 1. The number of benzene rings is 2. The number of carbonyl (C=O) groups is 1. The maximum Gasteiger partial charge on any atom is 0.411 e. The van der Waals surface area contributed by atoms with Gasteiger partial charge in [0.2, 0.25) is 0 Å². The molecule has 1 saturated carbocycles. The van der Waals surface area contributed by atoms with Crippen LogP contribution < -0.4 is 10.1 Å². The van der Waals surface area contributed by atoms with Gasteiger partial charge in [0.05, 0.1) is 36.1 Å². The first-order valence-corrected chi connectivity index (χ1v) is 11.4. The summed E-state index contributed by atoms with van der Waals surface area (Å²) < 4.78 is 19.0. The molecule has 3 aromatic rings. The van der Waals surface area contributed by atoms with E-state index in [2.05, 4.69) is 16.0 Å². The van der Waals surface area contributed by atoms with Crippen molar-refractivity contribution >= 4 is 22.7 Å². The van der Waals surface area contributed by atoms with Crippen molar-refractivity contribution in [3.63, 3.8) is 0 Å². The molecule has 2 aromatic carbocycles. The fourth-order valence-electron chi connectivity index (χ4n) is 4.34. The van der Waals surface area contributed by atoms with Gasteiger partial charge in [-0.1, -0.05) is 12.1 Å². The van der Waals surface area contributed by atoms with Gasteiger partial charge >= 0.3 is 6.09 Å². The highest BCUT2D eigenvalue weighted by Gasteiger charge is 2.31. The van der Waals surface area contributed by atoms with Crippen molar-refractivity contribution in [1.29, 1.82) is 5.26 Å². The number of ether oxygens (including phenoxy) is 3. The van der Waals surface area contributed by atoms with Crippen LogP contribution in [-0.2, 0) is 9.47 Å². The third-order valence-corrected chi connectivity index (χ3v) is 5.94. The second-order valence-corrected chi connectivity index (χ2v) is 8.88. The average Bonchev–Trinajstić information content (AvgIpc) is 3.39. The van der Waals surface area contributed by atoms with Crippen molar-refractivity contribution in [3.05, 3.63) is 48.0 Å². The van der Waals surface area contributed by atoms with Gasteiger partial charge in [-0.05, 0) is 56.5 Å². The van der Waals surface area contributed by atoms with Crippen molar-refractivity contribution in [3.8, 4) is 23.1 Å². The molecule has 7 nitrogen and oxygen atoms in total. The summed E-state index contributed by atoms with van der Waals surface area (Å²) in [5.74, 6) is 0.802. The molecule has 1 aliphatic carbocycles. The molecule has 1 N–H and O–H groups in total. The van der Waals surface area contributed by atoms with Crippen LogP contribution >= 0.6 is 0 Å². The molecule has 1 saturated heterocycles. The topological polar surface area (TPSA) is 85.5 Å². The minimum Gasteiger partial charge on any atom is -0.488 e. The highest BCUT2D eigenvalue weighted by molar-refractivity contribution is 5.96. The van der Waals surface area contributed by atoms with E-state index in [4.69, 9.17) is 14.2 Å². The van der Waals surface area contributed by atoms with Crippen molar-refractivity contribution < 1.29 is 19.0 Å². The normalized spacial score (nSPS) is 17.8. The van der Waals surface area contributed by atoms with E-state index in [1.807, 2.05) is 42.5 Å². The van der Waals surface area contributed by atoms with Gasteiger partial charge in [0.15, 0.2) is 0 Å². The molecule has 0 spiro atoms. The van der Waals surface area contributed by atoms with E-state index < -0.39 is 6.09 Å². The van der Waals surface area contributed by atoms with Gasteiger partial charge in [-0.15, -0.1) is 0 Å². The first-order valence-electron chi connectivity index (χ1n) is 11.4. The summed E-state index contributed by atoms with van der Waals surface area (Å²) in [5, 5.41) is 13.7. The Hall–Kier alpha value is -3.50. The summed E-state index contributed by atoms with van der Waals surface area (Å²) in [6, 6.07) is 16.3. The number of nitrogens with zero attached hydrogens (tertiary/aromatic N) is 2. The number of amides is 1. The second kappa shape index (κ2) is 8.80. The van der Waals surface area contributed by atoms with Crippen LogP contribution in [0.25, 0.3) is 22.2 Å². The number of hydrogen-bond acceptors (Lipinski definition) is 5. The molecule has 1 atom stereocenters. The zero-order chi connectivity index (χ0) is 22.9. The Morgan fingerprint density at radius 3 is 2.61 bits per heavy atom. The third-order valence-electron chi connectivity index (χ3n) is 5.94. The van der Waals surface area contributed by atoms with Gasteiger partial charge in [-0.2, -0.15) is 5.26 Å². The Bertz CT molecular complexity index is 1210. The third kappa shape index (κ3) is 4.39. The molecular formula is C26H27N3O4. The van der Waals surface area contributed by atoms with E-state index in [0.717, 1.165) is 53.8 Å². The number of nitriles is 1. The molecule has 7 heteroatoms. The van der Waals surface area contributed by atoms with Crippen LogP contribution in [0, 0.1) is 11.3 Å². The maximum absolute atomic E-state index is 11.9. The predicted molar refractivity (Wildman–Crippen MR) is 125 cm³/mol. The van der Waals surface area contributed by atoms with E-state index >= 15 is 0 Å². The fraction of sp³-hybridized carbons (Fsp3) is 0.385. The molecular weight excluding hydrogens is 418 g/mol. The number of aromatic nitrogens is 1. The van der Waals surface area contributed by atoms with E-state index in [1.165, 1.54) is 0 Å². The van der Waals surface area contributed by atoms with Crippen LogP contribution in [0.4, 0.5) is 10.5 Å². The lowest BCUT2D eigenvalue weighted by molar-refractivity contribution is 0.130. The summed E-state index contributed by atoms with van der Waals surface area (Å²) in [6.07, 6.45) is 2.47. The van der Waals surface area contributed by atoms with Gasteiger partial charge < -0.3 is 18.8 Å². The monoisotopic (exact) mass is 445 g/mol. The number of nitrogens with one attached hydrogen (secondary N) is 1. The van der Waals surface area contributed by atoms with Crippen LogP contribution in [0.15, 0.2) is 42.5 Å². The number of rotatable bonds is 6. The lowest BCUT2D eigenvalue weighted by Crippen LogP contribution is -2.17. The molecule has 1 aliphatic heterocycles. The Morgan fingerprint density at radius 2 is 1.97 bits per heavy atom. The summed E-state index contributed by atoms with van der Waals surface area (Å²) in [5.41, 5.74) is 4.17. The highest BCUT2D eigenvalue weighted by Crippen LogP contribution is 2.45. The minimum absolute atomic E-state index is 0.0733. The quantitative estimate of drug-likeness (QED) is 0.531. The molecule has 0 radical (unpaired) electrons. The van der Waals surface area contributed by atoms with Crippen LogP contribution in [-0.4, -0.2) is 36.1 Å². The first kappa shape index (κ1) is 21.4. The highest BCUT2D eigenvalue weighted by atomic mass is 16.6. The Labute approximate surface area is 192 Å². The van der Waals surface area contributed by atoms with E-state index in [-0.39, 0.29) is 12.2 Å². The van der Waals surface area contributed by atoms with Crippen LogP contribution in [0.2, 0.25) is 0 Å². The number of carbonyl (C=O) groups excluding carboxylic acids is 1. The molecule has 0 bridgehead atoms. The molecule has 2 aliphatic rings. The molecule has 5 rings (SSSR count). The van der Waals surface area contributed by atoms with Gasteiger partial charge in [-0.3, -0.25) is 5.32 Å². The Balaban J connectivity index is 1.51. The standard InChI is InChI=1S/C26H27N3O4/c1-16(2)32-26(30)28-18-5-3-17(4-6-18)25-23(14-27)22-10-9-20(33-21-11-12-31-15-21)13-24(22)29(25)19-7-8-19/h3-6,9-10,13,16,19,21H,7-8,11-12,15H2,1-2H3,(H,28,30). The molecule has 2 fully saturated rings. The summed E-state index contributed by atoms with van der Waals surface area (Å²) >= 11 is 0. The number of anilines is 1. The van der Waals surface area contributed by atoms with E-state index in [1.54, 1.807) is 13.8 Å². The Morgan fingerprint density at radius 1 is 1.18 bits per heavy atom. The lowest BCUT2D eigenvalue weighted by atomic mass is 10.1. The smallest absolute Gasteiger partial charge is 0.411 e. The molecule has 33 heavy (non-hydrogen) atoms. The predicted octanol–water partition coefficient (Wildman–Crippen LogP) is 5.64. The van der Waals surface area contributed by atoms with E-state index in [0.29, 0.717) is 23.9 Å². The first-order chi connectivity index (χ1) is 16.0. The summed E-state index contributed by atoms with van der Waals surface area (Å²) in [7, 11) is 0. The SMILES string of the molecule is CC(C)OC(=O)Nc1ccc(-c2c(C#N)c3ccc(OC4CCOC4)cc3n2C2CC2)cc1. The molecule has 170 valence electrons. The second-order valence-electron chi connectivity index (χ2n) is 8.88. The maximum atomic E-state index is 11.9. The van der Waals surface area contributed by atoms with Crippen molar-refractivity contribution in [1.82, 2.24) is 4.57 Å². The molecule has 1 aromatic heterocycles. The fourth-order valence-corrected chi connectivity index (χ4v) is 4.34. The van der Waals surface area contributed by atoms with Gasteiger partial charge in [-0.25, -0.2) is 4.79 Å². The minimum atomic E-state index is -0.484. The zero-order valence-corrected chi connectivity index (χ0v) is 18.8. The summed E-state index contributed by atoms with van der Waals surface area (Å²) in [4.78, 5) is 11.9. The summed E-state index contributed by atoms with van der Waals surface area (Å²) in [6.45, 7) is 4.96. The van der Waals surface area contributed by atoms with Crippen LogP contribution in [0.3, 0.4) is 0 Å². The van der Waals surface area contributed by atoms with Gasteiger partial charge in [0.1, 0.15) is 17.9 Å². The van der Waals surface area contributed by atoms with Crippen LogP contribution in [0.5, 0.6) is 5.75 Å². The lowest BCUT2D eigenvalue weighted by Gasteiger charge is -2.14. The number of hydrogen-bond donors (Lipinski definition) is 1. The van der Waals surface area contributed by atoms with Crippen molar-refractivity contribution in [2.75, 3.05) is 18.5 Å².